The number of halogens is 1. The fraction of sp³-hybridized carbons (Fsp3) is 0.562. The summed E-state index contributed by atoms with van der Waals surface area (Å²) in [6, 6.07) is 5.17. The molecule has 1 spiro atoms. The van der Waals surface area contributed by atoms with Crippen molar-refractivity contribution in [3.63, 3.8) is 0 Å². The van der Waals surface area contributed by atoms with Gasteiger partial charge in [-0.15, -0.1) is 0 Å². The van der Waals surface area contributed by atoms with Gasteiger partial charge in [0.05, 0.1) is 24.8 Å². The number of likely N-dealkylation sites (tertiary alicyclic amines) is 1. The minimum atomic E-state index is -0.465. The van der Waals surface area contributed by atoms with Crippen LogP contribution in [-0.2, 0) is 9.47 Å². The number of ether oxygens (including phenoxy) is 3. The van der Waals surface area contributed by atoms with E-state index in [0.29, 0.717) is 62.1 Å². The molecule has 2 saturated heterocycles. The Morgan fingerprint density at radius 2 is 2.00 bits per heavy atom. The molecule has 2 fully saturated rings. The molecule has 3 rings (SSSR count). The summed E-state index contributed by atoms with van der Waals surface area (Å²) in [5.41, 5.74) is 0.581. The van der Waals surface area contributed by atoms with Gasteiger partial charge in [0.2, 0.25) is 0 Å². The second kappa shape index (κ2) is 6.44. The number of carbonyl (C=O) groups excluding carboxylic acids is 1. The second-order valence-corrected chi connectivity index (χ2v) is 5.89. The molecule has 0 saturated carbocycles. The number of piperidine rings is 1. The maximum Gasteiger partial charge on any atom is 0.253 e. The van der Waals surface area contributed by atoms with Gasteiger partial charge in [-0.05, 0) is 25.1 Å². The van der Waals surface area contributed by atoms with E-state index in [0.717, 1.165) is 0 Å². The Morgan fingerprint density at radius 1 is 1.32 bits per heavy atom. The average Bonchev–Trinajstić information content (AvgIpc) is 2.98. The Hall–Kier alpha value is -1.30. The summed E-state index contributed by atoms with van der Waals surface area (Å²) in [6.07, 6.45) is 1.42. The molecule has 1 aromatic carbocycles. The van der Waals surface area contributed by atoms with Crippen LogP contribution < -0.4 is 4.74 Å². The topological polar surface area (TPSA) is 48.0 Å². The summed E-state index contributed by atoms with van der Waals surface area (Å²) in [5, 5.41) is 0.462. The van der Waals surface area contributed by atoms with Crippen molar-refractivity contribution in [2.24, 2.45) is 0 Å². The summed E-state index contributed by atoms with van der Waals surface area (Å²) >= 11 is 6.15. The zero-order chi connectivity index (χ0) is 15.6. The molecule has 1 aromatic rings. The maximum absolute atomic E-state index is 12.6. The SMILES string of the molecule is CCOc1ccc(C(=O)N2CCC3(CC2)OCCO3)cc1Cl. The molecular formula is C16H20ClNO4. The molecule has 6 heteroatoms. The van der Waals surface area contributed by atoms with Crippen molar-refractivity contribution < 1.29 is 19.0 Å². The lowest BCUT2D eigenvalue weighted by Gasteiger charge is -2.37. The molecule has 0 aliphatic carbocycles. The zero-order valence-electron chi connectivity index (χ0n) is 12.6. The van der Waals surface area contributed by atoms with Crippen molar-refractivity contribution in [2.45, 2.75) is 25.6 Å². The van der Waals surface area contributed by atoms with Gasteiger partial charge in [0.1, 0.15) is 5.75 Å². The number of nitrogens with zero attached hydrogens (tertiary/aromatic N) is 1. The second-order valence-electron chi connectivity index (χ2n) is 5.48. The van der Waals surface area contributed by atoms with E-state index in [1.54, 1.807) is 18.2 Å². The van der Waals surface area contributed by atoms with Gasteiger partial charge in [-0.25, -0.2) is 0 Å². The van der Waals surface area contributed by atoms with Crippen molar-refractivity contribution >= 4 is 17.5 Å². The molecule has 22 heavy (non-hydrogen) atoms. The molecule has 2 aliphatic heterocycles. The van der Waals surface area contributed by atoms with Crippen LogP contribution >= 0.6 is 11.6 Å². The molecule has 1 amide bonds. The van der Waals surface area contributed by atoms with Gasteiger partial charge < -0.3 is 19.1 Å². The molecule has 0 radical (unpaired) electrons. The minimum Gasteiger partial charge on any atom is -0.492 e. The highest BCUT2D eigenvalue weighted by Crippen LogP contribution is 2.32. The highest BCUT2D eigenvalue weighted by atomic mass is 35.5. The summed E-state index contributed by atoms with van der Waals surface area (Å²) < 4.78 is 16.7. The van der Waals surface area contributed by atoms with E-state index in [4.69, 9.17) is 25.8 Å². The first-order valence-electron chi connectivity index (χ1n) is 7.63. The monoisotopic (exact) mass is 325 g/mol. The largest absolute Gasteiger partial charge is 0.492 e. The van der Waals surface area contributed by atoms with Crippen molar-refractivity contribution in [3.8, 4) is 5.75 Å². The third kappa shape index (κ3) is 3.07. The Bertz CT molecular complexity index is 547. The van der Waals surface area contributed by atoms with E-state index in [1.165, 1.54) is 0 Å². The van der Waals surface area contributed by atoms with Crippen molar-refractivity contribution in [3.05, 3.63) is 28.8 Å². The zero-order valence-corrected chi connectivity index (χ0v) is 13.4. The van der Waals surface area contributed by atoms with E-state index in [-0.39, 0.29) is 5.91 Å². The van der Waals surface area contributed by atoms with Gasteiger partial charge in [-0.1, -0.05) is 11.6 Å². The van der Waals surface area contributed by atoms with E-state index in [9.17, 15) is 4.79 Å². The van der Waals surface area contributed by atoms with Crippen molar-refractivity contribution in [2.75, 3.05) is 32.9 Å². The molecule has 2 heterocycles. The van der Waals surface area contributed by atoms with Gasteiger partial charge in [0.15, 0.2) is 5.79 Å². The standard InChI is InChI=1S/C16H20ClNO4/c1-2-20-14-4-3-12(11-13(14)17)15(19)18-7-5-16(6-8-18)21-9-10-22-16/h3-4,11H,2,5-10H2,1H3. The lowest BCUT2D eigenvalue weighted by atomic mass is 10.0. The average molecular weight is 326 g/mol. The molecule has 0 N–H and O–H groups in total. The van der Waals surface area contributed by atoms with Crippen LogP contribution in [0.15, 0.2) is 18.2 Å². The Morgan fingerprint density at radius 3 is 2.59 bits per heavy atom. The van der Waals surface area contributed by atoms with Crippen LogP contribution in [0.4, 0.5) is 0 Å². The van der Waals surface area contributed by atoms with Gasteiger partial charge in [0, 0.05) is 31.5 Å². The van der Waals surface area contributed by atoms with Crippen LogP contribution in [0.5, 0.6) is 5.75 Å². The van der Waals surface area contributed by atoms with Crippen LogP contribution in [0.1, 0.15) is 30.1 Å². The molecular weight excluding hydrogens is 306 g/mol. The van der Waals surface area contributed by atoms with Gasteiger partial charge in [-0.2, -0.15) is 0 Å². The molecule has 120 valence electrons. The summed E-state index contributed by atoms with van der Waals surface area (Å²) in [7, 11) is 0. The van der Waals surface area contributed by atoms with Crippen LogP contribution in [0.2, 0.25) is 5.02 Å². The van der Waals surface area contributed by atoms with Crippen molar-refractivity contribution in [1.82, 2.24) is 4.90 Å². The van der Waals surface area contributed by atoms with Crippen LogP contribution in [0, 0.1) is 0 Å². The van der Waals surface area contributed by atoms with Gasteiger partial charge in [-0.3, -0.25) is 4.79 Å². The maximum atomic E-state index is 12.6. The van der Waals surface area contributed by atoms with Crippen LogP contribution in [0.25, 0.3) is 0 Å². The lowest BCUT2D eigenvalue weighted by molar-refractivity contribution is -0.181. The highest BCUT2D eigenvalue weighted by molar-refractivity contribution is 6.32. The minimum absolute atomic E-state index is 0.0159. The van der Waals surface area contributed by atoms with Crippen molar-refractivity contribution in [1.29, 1.82) is 0 Å². The number of hydrogen-bond donors (Lipinski definition) is 0. The molecule has 0 unspecified atom stereocenters. The molecule has 0 bridgehead atoms. The summed E-state index contributed by atoms with van der Waals surface area (Å²) in [6.45, 7) is 4.98. The van der Waals surface area contributed by atoms with E-state index in [1.807, 2.05) is 11.8 Å². The molecule has 0 aromatic heterocycles. The highest BCUT2D eigenvalue weighted by Gasteiger charge is 2.40. The number of rotatable bonds is 3. The fourth-order valence-corrected chi connectivity index (χ4v) is 3.16. The van der Waals surface area contributed by atoms with E-state index in [2.05, 4.69) is 0 Å². The number of carbonyl (C=O) groups is 1. The van der Waals surface area contributed by atoms with Gasteiger partial charge >= 0.3 is 0 Å². The quantitative estimate of drug-likeness (QED) is 0.857. The molecule has 2 aliphatic rings. The Labute approximate surface area is 135 Å². The third-order valence-corrected chi connectivity index (χ3v) is 4.40. The van der Waals surface area contributed by atoms with Crippen LogP contribution in [0.3, 0.4) is 0 Å². The smallest absolute Gasteiger partial charge is 0.253 e. The number of amides is 1. The Balaban J connectivity index is 1.66. The van der Waals surface area contributed by atoms with E-state index >= 15 is 0 Å². The third-order valence-electron chi connectivity index (χ3n) is 4.10. The summed E-state index contributed by atoms with van der Waals surface area (Å²) in [4.78, 5) is 14.4. The predicted octanol–water partition coefficient (Wildman–Crippen LogP) is 2.72. The van der Waals surface area contributed by atoms with Gasteiger partial charge in [0.25, 0.3) is 5.91 Å². The lowest BCUT2D eigenvalue weighted by Crippen LogP contribution is -2.47. The predicted molar refractivity (Wildman–Crippen MR) is 82.4 cm³/mol. The van der Waals surface area contributed by atoms with Crippen LogP contribution in [-0.4, -0.2) is 49.5 Å². The Kier molecular flexibility index (Phi) is 4.57. The molecule has 5 nitrogen and oxygen atoms in total. The normalized spacial score (nSPS) is 20.4. The number of hydrogen-bond acceptors (Lipinski definition) is 4. The first kappa shape index (κ1) is 15.6. The summed E-state index contributed by atoms with van der Waals surface area (Å²) in [5.74, 6) is 0.122. The molecule has 0 atom stereocenters. The first-order valence-corrected chi connectivity index (χ1v) is 8.01. The fourth-order valence-electron chi connectivity index (χ4n) is 2.93. The van der Waals surface area contributed by atoms with E-state index < -0.39 is 5.79 Å². The first-order chi connectivity index (χ1) is 10.6. The number of benzene rings is 1.